The number of aromatic nitrogens is 1. The molecule has 340 valence electrons. The number of rotatable bonds is 7. The van der Waals surface area contributed by atoms with Gasteiger partial charge >= 0.3 is 0 Å². The maximum Gasteiger partial charge on any atom is 0.0541 e. The minimum atomic E-state index is 1.10. The van der Waals surface area contributed by atoms with E-state index in [9.17, 15) is 0 Å². The third-order valence-electron chi connectivity index (χ3n) is 15.2. The van der Waals surface area contributed by atoms with Crippen LogP contribution in [-0.2, 0) is 0 Å². The summed E-state index contributed by atoms with van der Waals surface area (Å²) >= 11 is 1.86. The van der Waals surface area contributed by atoms with Crippen molar-refractivity contribution in [2.45, 2.75) is 0 Å². The smallest absolute Gasteiger partial charge is 0.0541 e. The van der Waals surface area contributed by atoms with Crippen LogP contribution in [0.15, 0.2) is 267 Å². The quantitative estimate of drug-likeness (QED) is 0.145. The highest BCUT2D eigenvalue weighted by Gasteiger charge is 2.21. The summed E-state index contributed by atoms with van der Waals surface area (Å²) in [5.41, 5.74) is 14.1. The van der Waals surface area contributed by atoms with E-state index < -0.39 is 0 Å². The summed E-state index contributed by atoms with van der Waals surface area (Å²) in [5.74, 6) is 0. The molecule has 73 heavy (non-hydrogen) atoms. The topological polar surface area (TPSA) is 8.17 Å². The summed E-state index contributed by atoms with van der Waals surface area (Å²) in [7, 11) is 0. The zero-order valence-corrected chi connectivity index (χ0v) is 40.5. The van der Waals surface area contributed by atoms with Crippen LogP contribution in [0.3, 0.4) is 0 Å². The number of benzene rings is 13. The first kappa shape index (κ1) is 41.5. The molecule has 0 aliphatic rings. The second-order valence-electron chi connectivity index (χ2n) is 19.2. The lowest BCUT2D eigenvalue weighted by Crippen LogP contribution is -2.10. The van der Waals surface area contributed by atoms with Gasteiger partial charge in [0, 0.05) is 53.4 Å². The van der Waals surface area contributed by atoms with Crippen molar-refractivity contribution in [3.05, 3.63) is 267 Å². The monoisotopic (exact) mass is 944 g/mol. The van der Waals surface area contributed by atoms with Gasteiger partial charge in [-0.05, 0) is 150 Å². The normalized spacial score (nSPS) is 11.8. The van der Waals surface area contributed by atoms with E-state index >= 15 is 0 Å². The van der Waals surface area contributed by atoms with Crippen LogP contribution >= 0.6 is 11.3 Å². The number of thiophene rings is 1. The van der Waals surface area contributed by atoms with E-state index in [1.165, 1.54) is 118 Å². The molecule has 2 nitrogen and oxygen atoms in total. The average Bonchev–Trinajstić information content (AvgIpc) is 4.01. The van der Waals surface area contributed by atoms with Gasteiger partial charge in [0.05, 0.1) is 16.7 Å². The van der Waals surface area contributed by atoms with E-state index in [0.717, 1.165) is 22.7 Å². The van der Waals surface area contributed by atoms with Crippen LogP contribution in [0.25, 0.3) is 124 Å². The van der Waals surface area contributed by atoms with Gasteiger partial charge in [-0.15, -0.1) is 11.3 Å². The maximum atomic E-state index is 2.47. The van der Waals surface area contributed by atoms with Crippen LogP contribution in [0, 0.1) is 0 Å². The highest BCUT2D eigenvalue weighted by atomic mass is 32.1. The number of hydrogen-bond acceptors (Lipinski definition) is 2. The molecule has 0 aliphatic carbocycles. The Kier molecular flexibility index (Phi) is 9.48. The Bertz CT molecular complexity index is 4620. The lowest BCUT2D eigenvalue weighted by Gasteiger charge is -2.28. The molecule has 3 heteroatoms. The third-order valence-corrected chi connectivity index (χ3v) is 16.3. The van der Waals surface area contributed by atoms with Crippen LogP contribution in [0.4, 0.5) is 17.1 Å². The fraction of sp³-hybridized carbons (Fsp3) is 0. The molecule has 0 atom stereocenters. The molecule has 0 spiro atoms. The first-order valence-corrected chi connectivity index (χ1v) is 25.9. The predicted octanol–water partition coefficient (Wildman–Crippen LogP) is 20.2. The number of nitrogens with zero attached hydrogens (tertiary/aromatic N) is 2. The lowest BCUT2D eigenvalue weighted by molar-refractivity contribution is 1.18. The van der Waals surface area contributed by atoms with Crippen LogP contribution in [0.5, 0.6) is 0 Å². The first-order valence-electron chi connectivity index (χ1n) is 25.1. The summed E-state index contributed by atoms with van der Waals surface area (Å²) < 4.78 is 5.05. The van der Waals surface area contributed by atoms with Crippen molar-refractivity contribution in [3.63, 3.8) is 0 Å². The van der Waals surface area contributed by atoms with Gasteiger partial charge in [0.1, 0.15) is 0 Å². The van der Waals surface area contributed by atoms with Crippen molar-refractivity contribution >= 4 is 113 Å². The van der Waals surface area contributed by atoms with Gasteiger partial charge in [0.2, 0.25) is 0 Å². The summed E-state index contributed by atoms with van der Waals surface area (Å²) in [5, 5.41) is 15.1. The van der Waals surface area contributed by atoms with Crippen LogP contribution in [0.1, 0.15) is 0 Å². The fourth-order valence-electron chi connectivity index (χ4n) is 11.8. The highest BCUT2D eigenvalue weighted by molar-refractivity contribution is 7.25. The van der Waals surface area contributed by atoms with Crippen LogP contribution in [-0.4, -0.2) is 4.57 Å². The Morgan fingerprint density at radius 1 is 0.260 bits per heavy atom. The van der Waals surface area contributed by atoms with Crippen LogP contribution < -0.4 is 4.90 Å². The molecular formula is C70H44N2S. The molecule has 2 aromatic heterocycles. The van der Waals surface area contributed by atoms with Crippen molar-refractivity contribution in [2.24, 2.45) is 0 Å². The molecule has 0 radical (unpaired) electrons. The van der Waals surface area contributed by atoms with Crippen molar-refractivity contribution in [3.8, 4) is 39.1 Å². The Labute approximate surface area is 426 Å². The highest BCUT2D eigenvalue weighted by Crippen LogP contribution is 2.46. The average molecular weight is 945 g/mol. The molecule has 13 aromatic carbocycles. The number of fused-ring (bicyclic) bond motifs is 13. The Morgan fingerprint density at radius 2 is 0.767 bits per heavy atom. The minimum absolute atomic E-state index is 1.10. The predicted molar refractivity (Wildman–Crippen MR) is 315 cm³/mol. The molecule has 2 heterocycles. The molecule has 15 aromatic rings. The fourth-order valence-corrected chi connectivity index (χ4v) is 12.8. The summed E-state index contributed by atoms with van der Waals surface area (Å²) in [6, 6.07) is 98.7. The van der Waals surface area contributed by atoms with Gasteiger partial charge < -0.3 is 9.47 Å². The second-order valence-corrected chi connectivity index (χ2v) is 20.3. The van der Waals surface area contributed by atoms with E-state index in [1.807, 2.05) is 11.3 Å². The Hall–Kier alpha value is -9.28. The Balaban J connectivity index is 0.890. The summed E-state index contributed by atoms with van der Waals surface area (Å²) in [6.45, 7) is 0. The van der Waals surface area contributed by atoms with Gasteiger partial charge in [-0.1, -0.05) is 188 Å². The molecule has 0 amide bonds. The molecule has 0 saturated carbocycles. The molecule has 15 rings (SSSR count). The van der Waals surface area contributed by atoms with Crippen molar-refractivity contribution in [1.82, 2.24) is 4.57 Å². The van der Waals surface area contributed by atoms with E-state index in [1.54, 1.807) is 0 Å². The Morgan fingerprint density at radius 3 is 1.52 bits per heavy atom. The van der Waals surface area contributed by atoms with Gasteiger partial charge in [-0.3, -0.25) is 0 Å². The molecule has 0 N–H and O–H groups in total. The number of para-hydroxylation sites is 1. The van der Waals surface area contributed by atoms with Crippen molar-refractivity contribution in [2.75, 3.05) is 4.90 Å². The van der Waals surface area contributed by atoms with E-state index in [4.69, 9.17) is 0 Å². The summed E-state index contributed by atoms with van der Waals surface area (Å²) in [6.07, 6.45) is 0. The maximum absolute atomic E-state index is 2.47. The second kappa shape index (κ2) is 16.7. The zero-order valence-electron chi connectivity index (χ0n) is 39.7. The van der Waals surface area contributed by atoms with E-state index in [-0.39, 0.29) is 0 Å². The molecule has 0 unspecified atom stereocenters. The third kappa shape index (κ3) is 6.70. The van der Waals surface area contributed by atoms with Gasteiger partial charge in [-0.2, -0.15) is 0 Å². The minimum Gasteiger partial charge on any atom is -0.310 e. The zero-order chi connectivity index (χ0) is 48.0. The molecule has 0 aliphatic heterocycles. The molecule has 0 bridgehead atoms. The lowest BCUT2D eigenvalue weighted by atomic mass is 9.93. The molecular weight excluding hydrogens is 901 g/mol. The van der Waals surface area contributed by atoms with Crippen molar-refractivity contribution < 1.29 is 0 Å². The van der Waals surface area contributed by atoms with Crippen molar-refractivity contribution in [1.29, 1.82) is 0 Å². The number of anilines is 3. The van der Waals surface area contributed by atoms with Crippen LogP contribution in [0.2, 0.25) is 0 Å². The van der Waals surface area contributed by atoms with E-state index in [0.29, 0.717) is 0 Å². The standard InChI is InChI=1S/C70H44N2S/c1-2-14-45(15-3-1)46-26-34-51(35-27-46)72-66-24-12-10-22-61(66)64-43-49(30-39-68(64)72)53-38-40-67(60-21-9-8-16-54(53)60)71(52-36-37-59-57-19-5-4-17-55(57)56-18-6-7-20-58(56)63(59)44-52)50-32-28-47(29-33-50)48-31-41-70-65(42-48)62-23-11-13-25-69(62)73-70/h1-44H. The largest absolute Gasteiger partial charge is 0.310 e. The van der Waals surface area contributed by atoms with Gasteiger partial charge in [0.25, 0.3) is 0 Å². The summed E-state index contributed by atoms with van der Waals surface area (Å²) in [4.78, 5) is 2.47. The van der Waals surface area contributed by atoms with Gasteiger partial charge in [0.15, 0.2) is 0 Å². The van der Waals surface area contributed by atoms with E-state index in [2.05, 4.69) is 276 Å². The first-order chi connectivity index (χ1) is 36.2. The number of hydrogen-bond donors (Lipinski definition) is 0. The molecule has 0 saturated heterocycles. The van der Waals surface area contributed by atoms with Gasteiger partial charge in [-0.25, -0.2) is 0 Å². The SMILES string of the molecule is c1ccc(-c2ccc(-n3c4ccccc4c4cc(-c5ccc(N(c6ccc(-c7ccc8sc9ccccc9c8c7)cc6)c6ccc7c8ccccc8c8ccccc8c7c6)c6ccccc56)ccc43)cc2)cc1. The molecule has 0 fully saturated rings.